The fourth-order valence-corrected chi connectivity index (χ4v) is 2.94. The number of ether oxygens (including phenoxy) is 1. The molecule has 2 rings (SSSR count). The maximum Gasteiger partial charge on any atom is 0.191 e. The number of thiazole rings is 1. The first-order valence-corrected chi connectivity index (χ1v) is 8.45. The normalized spacial score (nSPS) is 11.4. The Hall–Kier alpha value is -2.08. The Morgan fingerprint density at radius 3 is 2.52 bits per heavy atom. The van der Waals surface area contributed by atoms with Crippen LogP contribution >= 0.6 is 11.3 Å². The number of hydrogen-bond donors (Lipinski definition) is 2. The number of aryl methyl sites for hydroxylation is 3. The fourth-order valence-electron chi connectivity index (χ4n) is 2.22. The van der Waals surface area contributed by atoms with Crippen LogP contribution in [-0.4, -0.2) is 31.1 Å². The predicted molar refractivity (Wildman–Crippen MR) is 96.5 cm³/mol. The minimum Gasteiger partial charge on any atom is -0.492 e. The quantitative estimate of drug-likeness (QED) is 0.485. The van der Waals surface area contributed by atoms with Crippen molar-refractivity contribution in [2.24, 2.45) is 4.99 Å². The number of guanidine groups is 1. The van der Waals surface area contributed by atoms with Crippen LogP contribution in [-0.2, 0) is 6.54 Å². The summed E-state index contributed by atoms with van der Waals surface area (Å²) in [6.07, 6.45) is 1.88. The van der Waals surface area contributed by atoms with Gasteiger partial charge < -0.3 is 15.4 Å². The number of aromatic nitrogens is 1. The van der Waals surface area contributed by atoms with E-state index >= 15 is 0 Å². The summed E-state index contributed by atoms with van der Waals surface area (Å²) in [7, 11) is 1.76. The van der Waals surface area contributed by atoms with Crippen LogP contribution in [0.1, 0.15) is 21.0 Å². The number of hydrogen-bond acceptors (Lipinski definition) is 4. The van der Waals surface area contributed by atoms with Gasteiger partial charge in [0.2, 0.25) is 0 Å². The van der Waals surface area contributed by atoms with Gasteiger partial charge in [0.25, 0.3) is 0 Å². The zero-order valence-electron chi connectivity index (χ0n) is 14.1. The Kier molecular flexibility index (Phi) is 6.40. The average Bonchev–Trinajstić information content (AvgIpc) is 2.91. The van der Waals surface area contributed by atoms with Crippen LogP contribution < -0.4 is 15.4 Å². The van der Waals surface area contributed by atoms with Crippen molar-refractivity contribution in [1.82, 2.24) is 15.6 Å². The third-order valence-electron chi connectivity index (χ3n) is 3.16. The number of rotatable bonds is 6. The van der Waals surface area contributed by atoms with Gasteiger partial charge in [-0.2, -0.15) is 0 Å². The van der Waals surface area contributed by atoms with Crippen LogP contribution in [0.4, 0.5) is 0 Å². The monoisotopic (exact) mass is 332 g/mol. The molecular formula is C17H24N4OS. The number of aliphatic imine (C=N–C) groups is 1. The molecule has 0 aliphatic carbocycles. The molecule has 0 radical (unpaired) electrons. The van der Waals surface area contributed by atoms with Crippen molar-refractivity contribution in [3.8, 4) is 5.75 Å². The topological polar surface area (TPSA) is 58.5 Å². The Morgan fingerprint density at radius 1 is 1.17 bits per heavy atom. The SMILES string of the molecule is CN=C(NCCOc1cc(C)cc(C)c1)NCc1ncc(C)s1. The Morgan fingerprint density at radius 2 is 1.91 bits per heavy atom. The summed E-state index contributed by atoms with van der Waals surface area (Å²) in [6, 6.07) is 6.23. The van der Waals surface area contributed by atoms with Crippen molar-refractivity contribution in [2.75, 3.05) is 20.2 Å². The predicted octanol–water partition coefficient (Wildman–Crippen LogP) is 2.81. The third kappa shape index (κ3) is 5.90. The second-order valence-electron chi connectivity index (χ2n) is 5.39. The van der Waals surface area contributed by atoms with Gasteiger partial charge in [-0.25, -0.2) is 4.98 Å². The van der Waals surface area contributed by atoms with Crippen molar-refractivity contribution in [2.45, 2.75) is 27.3 Å². The van der Waals surface area contributed by atoms with Crippen molar-refractivity contribution in [3.63, 3.8) is 0 Å². The molecule has 124 valence electrons. The van der Waals surface area contributed by atoms with Crippen molar-refractivity contribution < 1.29 is 4.74 Å². The van der Waals surface area contributed by atoms with Crippen LogP contribution in [0, 0.1) is 20.8 Å². The largest absolute Gasteiger partial charge is 0.492 e. The number of benzene rings is 1. The molecule has 0 aliphatic rings. The molecule has 0 unspecified atom stereocenters. The molecule has 1 heterocycles. The minimum atomic E-state index is 0.583. The molecule has 0 bridgehead atoms. The summed E-state index contributed by atoms with van der Waals surface area (Å²) in [5.41, 5.74) is 2.42. The molecule has 0 amide bonds. The second kappa shape index (κ2) is 8.53. The van der Waals surface area contributed by atoms with Crippen molar-refractivity contribution in [3.05, 3.63) is 45.4 Å². The summed E-state index contributed by atoms with van der Waals surface area (Å²) in [6.45, 7) is 8.15. The van der Waals surface area contributed by atoms with Gasteiger partial charge in [-0.1, -0.05) is 6.07 Å². The van der Waals surface area contributed by atoms with Crippen LogP contribution in [0.2, 0.25) is 0 Å². The lowest BCUT2D eigenvalue weighted by atomic mass is 10.1. The molecule has 1 aromatic carbocycles. The molecule has 0 spiro atoms. The molecule has 0 atom stereocenters. The lowest BCUT2D eigenvalue weighted by molar-refractivity contribution is 0.321. The van der Waals surface area contributed by atoms with Gasteiger partial charge >= 0.3 is 0 Å². The standard InChI is InChI=1S/C17H24N4OS/c1-12-7-13(2)9-15(8-12)22-6-5-19-17(18-4)21-11-16-20-10-14(3)23-16/h7-10H,5-6,11H2,1-4H3,(H2,18,19,21). The molecular weight excluding hydrogens is 308 g/mol. The van der Waals surface area contributed by atoms with E-state index in [1.165, 1.54) is 16.0 Å². The Labute approximate surface area is 141 Å². The molecule has 2 N–H and O–H groups in total. The molecule has 0 saturated carbocycles. The zero-order chi connectivity index (χ0) is 16.7. The first-order valence-electron chi connectivity index (χ1n) is 7.64. The van der Waals surface area contributed by atoms with E-state index < -0.39 is 0 Å². The number of nitrogens with zero attached hydrogens (tertiary/aromatic N) is 2. The van der Waals surface area contributed by atoms with Crippen molar-refractivity contribution >= 4 is 17.3 Å². The summed E-state index contributed by atoms with van der Waals surface area (Å²) < 4.78 is 5.77. The first-order chi connectivity index (χ1) is 11.1. The highest BCUT2D eigenvalue weighted by atomic mass is 32.1. The molecule has 2 aromatic rings. The molecule has 6 heteroatoms. The van der Waals surface area contributed by atoms with E-state index in [1.807, 2.05) is 18.3 Å². The number of nitrogens with one attached hydrogen (secondary N) is 2. The molecule has 0 fully saturated rings. The van der Waals surface area contributed by atoms with Crippen LogP contribution in [0.25, 0.3) is 0 Å². The summed E-state index contributed by atoms with van der Waals surface area (Å²) in [5, 5.41) is 7.54. The van der Waals surface area contributed by atoms with Crippen molar-refractivity contribution in [1.29, 1.82) is 0 Å². The first kappa shape index (κ1) is 17.3. The van der Waals surface area contributed by atoms with E-state index in [2.05, 4.69) is 47.4 Å². The molecule has 23 heavy (non-hydrogen) atoms. The van der Waals surface area contributed by atoms with Crippen LogP contribution in [0.5, 0.6) is 5.75 Å². The van der Waals surface area contributed by atoms with E-state index in [9.17, 15) is 0 Å². The minimum absolute atomic E-state index is 0.583. The van der Waals surface area contributed by atoms with E-state index in [-0.39, 0.29) is 0 Å². The summed E-state index contributed by atoms with van der Waals surface area (Å²) in [5.74, 6) is 1.66. The third-order valence-corrected chi connectivity index (χ3v) is 4.07. The highest BCUT2D eigenvalue weighted by Crippen LogP contribution is 2.15. The zero-order valence-corrected chi connectivity index (χ0v) is 15.0. The van der Waals surface area contributed by atoms with E-state index in [0.29, 0.717) is 19.7 Å². The van der Waals surface area contributed by atoms with Gasteiger partial charge in [0, 0.05) is 18.1 Å². The van der Waals surface area contributed by atoms with Gasteiger partial charge in [-0.05, 0) is 44.0 Å². The smallest absolute Gasteiger partial charge is 0.191 e. The molecule has 1 aromatic heterocycles. The van der Waals surface area contributed by atoms with Crippen LogP contribution in [0.15, 0.2) is 29.4 Å². The van der Waals surface area contributed by atoms with Gasteiger partial charge in [0.15, 0.2) is 5.96 Å². The van der Waals surface area contributed by atoms with Gasteiger partial charge in [0.05, 0.1) is 13.1 Å². The Bertz CT molecular complexity index is 646. The summed E-state index contributed by atoms with van der Waals surface area (Å²) >= 11 is 1.69. The maximum absolute atomic E-state index is 5.77. The lowest BCUT2D eigenvalue weighted by Gasteiger charge is -2.12. The van der Waals surface area contributed by atoms with E-state index in [4.69, 9.17) is 4.74 Å². The highest BCUT2D eigenvalue weighted by Gasteiger charge is 2.02. The van der Waals surface area contributed by atoms with E-state index in [1.54, 1.807) is 18.4 Å². The van der Waals surface area contributed by atoms with Gasteiger partial charge in [-0.3, -0.25) is 4.99 Å². The second-order valence-corrected chi connectivity index (χ2v) is 6.71. The Balaban J connectivity index is 1.71. The average molecular weight is 332 g/mol. The molecule has 0 saturated heterocycles. The highest BCUT2D eigenvalue weighted by molar-refractivity contribution is 7.11. The van der Waals surface area contributed by atoms with Gasteiger partial charge in [0.1, 0.15) is 17.4 Å². The fraction of sp³-hybridized carbons (Fsp3) is 0.412. The van der Waals surface area contributed by atoms with E-state index in [0.717, 1.165) is 16.7 Å². The van der Waals surface area contributed by atoms with Crippen LogP contribution in [0.3, 0.4) is 0 Å². The summed E-state index contributed by atoms with van der Waals surface area (Å²) in [4.78, 5) is 9.74. The molecule has 0 aliphatic heterocycles. The molecule has 5 nitrogen and oxygen atoms in total. The van der Waals surface area contributed by atoms with Gasteiger partial charge in [-0.15, -0.1) is 11.3 Å². The maximum atomic E-state index is 5.77. The lowest BCUT2D eigenvalue weighted by Crippen LogP contribution is -2.38.